The van der Waals surface area contributed by atoms with Crippen molar-refractivity contribution in [2.75, 3.05) is 19.6 Å². The van der Waals surface area contributed by atoms with Crippen LogP contribution in [0.3, 0.4) is 0 Å². The summed E-state index contributed by atoms with van der Waals surface area (Å²) in [7, 11) is 0. The van der Waals surface area contributed by atoms with Crippen LogP contribution in [0.15, 0.2) is 59.9 Å². The van der Waals surface area contributed by atoms with Crippen molar-refractivity contribution in [1.29, 1.82) is 0 Å². The van der Waals surface area contributed by atoms with Crippen LogP contribution in [0.25, 0.3) is 10.2 Å². The molecule has 6 heteroatoms. The van der Waals surface area contributed by atoms with Gasteiger partial charge < -0.3 is 10.1 Å². The normalized spacial score (nSPS) is 18.5. The van der Waals surface area contributed by atoms with E-state index >= 15 is 0 Å². The molecule has 0 radical (unpaired) electrons. The van der Waals surface area contributed by atoms with Gasteiger partial charge in [-0.25, -0.2) is 4.98 Å². The summed E-state index contributed by atoms with van der Waals surface area (Å²) in [4.78, 5) is 18.2. The number of nitrogens with one attached hydrogen (secondary N) is 1. The summed E-state index contributed by atoms with van der Waals surface area (Å²) >= 11 is 1.57. The molecule has 0 spiro atoms. The van der Waals surface area contributed by atoms with Crippen molar-refractivity contribution < 1.29 is 9.53 Å². The van der Waals surface area contributed by atoms with Gasteiger partial charge in [-0.1, -0.05) is 41.7 Å². The molecule has 0 saturated carbocycles. The third-order valence-electron chi connectivity index (χ3n) is 5.03. The molecular formula is C22H25N3O2S. The number of nitrogens with zero attached hydrogens (tertiary/aromatic N) is 2. The number of thiazole rings is 1. The highest BCUT2D eigenvalue weighted by molar-refractivity contribution is 7.20. The number of para-hydroxylation sites is 1. The van der Waals surface area contributed by atoms with Gasteiger partial charge in [0.25, 0.3) is 5.19 Å². The average molecular weight is 396 g/mol. The molecule has 2 aromatic rings. The second-order valence-corrected chi connectivity index (χ2v) is 8.27. The molecular weight excluding hydrogens is 370 g/mol. The number of aromatic nitrogens is 1. The van der Waals surface area contributed by atoms with Crippen LogP contribution in [0.5, 0.6) is 5.19 Å². The van der Waals surface area contributed by atoms with Crippen LogP contribution in [-0.2, 0) is 4.79 Å². The minimum Gasteiger partial charge on any atom is -0.435 e. The van der Waals surface area contributed by atoms with E-state index in [1.165, 1.54) is 5.57 Å². The molecule has 1 aliphatic heterocycles. The number of allylic oxidation sites excluding steroid dienone is 3. The van der Waals surface area contributed by atoms with E-state index in [2.05, 4.69) is 45.6 Å². The Bertz CT molecular complexity index is 903. The maximum Gasteiger partial charge on any atom is 0.279 e. The molecule has 0 atom stereocenters. The Hall–Kier alpha value is -2.44. The molecule has 1 aromatic heterocycles. The molecule has 0 unspecified atom stereocenters. The van der Waals surface area contributed by atoms with Gasteiger partial charge in [0.05, 0.1) is 10.2 Å². The first-order valence-corrected chi connectivity index (χ1v) is 10.6. The van der Waals surface area contributed by atoms with Crippen LogP contribution in [0, 0.1) is 0 Å². The topological polar surface area (TPSA) is 54.5 Å². The van der Waals surface area contributed by atoms with Crippen LogP contribution >= 0.6 is 11.3 Å². The zero-order valence-corrected chi connectivity index (χ0v) is 16.9. The number of benzene rings is 1. The Kier molecular flexibility index (Phi) is 5.88. The van der Waals surface area contributed by atoms with E-state index < -0.39 is 0 Å². The molecule has 2 heterocycles. The molecule has 2 aliphatic rings. The van der Waals surface area contributed by atoms with E-state index in [0.29, 0.717) is 11.2 Å². The highest BCUT2D eigenvalue weighted by atomic mass is 32.1. The highest BCUT2D eigenvalue weighted by Crippen LogP contribution is 2.29. The summed E-state index contributed by atoms with van der Waals surface area (Å²) in [5, 5.41) is 3.72. The van der Waals surface area contributed by atoms with Gasteiger partial charge in [-0.15, -0.1) is 0 Å². The predicted molar refractivity (Wildman–Crippen MR) is 113 cm³/mol. The van der Waals surface area contributed by atoms with Crippen molar-refractivity contribution in [1.82, 2.24) is 15.2 Å². The van der Waals surface area contributed by atoms with E-state index in [4.69, 9.17) is 4.74 Å². The number of carbonyl (C=O) groups is 1. The van der Waals surface area contributed by atoms with Gasteiger partial charge in [0.1, 0.15) is 5.76 Å². The molecule has 1 N–H and O–H groups in total. The number of hydrogen-bond acceptors (Lipinski definition) is 5. The van der Waals surface area contributed by atoms with Crippen molar-refractivity contribution in [3.05, 3.63) is 59.9 Å². The predicted octanol–water partition coefficient (Wildman–Crippen LogP) is 4.05. The molecule has 4 rings (SSSR count). The third kappa shape index (κ3) is 4.88. The minimum atomic E-state index is 0.0682. The molecule has 1 saturated heterocycles. The van der Waals surface area contributed by atoms with E-state index in [-0.39, 0.29) is 5.91 Å². The molecule has 1 fully saturated rings. The fraction of sp³-hybridized carbons (Fsp3) is 0.364. The second kappa shape index (κ2) is 8.71. The Morgan fingerprint density at radius 1 is 1.29 bits per heavy atom. The van der Waals surface area contributed by atoms with Gasteiger partial charge in [0.15, 0.2) is 0 Å². The largest absolute Gasteiger partial charge is 0.435 e. The van der Waals surface area contributed by atoms with Gasteiger partial charge in [0, 0.05) is 39.0 Å². The molecule has 28 heavy (non-hydrogen) atoms. The summed E-state index contributed by atoms with van der Waals surface area (Å²) in [6.07, 6.45) is 11.3. The Morgan fingerprint density at radius 3 is 2.89 bits per heavy atom. The fourth-order valence-corrected chi connectivity index (χ4v) is 4.46. The first-order valence-electron chi connectivity index (χ1n) is 9.75. The summed E-state index contributed by atoms with van der Waals surface area (Å²) in [5.41, 5.74) is 2.26. The van der Waals surface area contributed by atoms with Crippen molar-refractivity contribution in [2.45, 2.75) is 32.2 Å². The second-order valence-electron chi connectivity index (χ2n) is 7.28. The summed E-state index contributed by atoms with van der Waals surface area (Å²) < 4.78 is 7.17. The lowest BCUT2D eigenvalue weighted by Crippen LogP contribution is -2.44. The Labute approximate surface area is 169 Å². The lowest BCUT2D eigenvalue weighted by Gasteiger charge is -2.32. The number of piperidine rings is 1. The number of amides is 1. The molecule has 1 aromatic carbocycles. The van der Waals surface area contributed by atoms with Crippen molar-refractivity contribution in [2.24, 2.45) is 0 Å². The highest BCUT2D eigenvalue weighted by Gasteiger charge is 2.20. The van der Waals surface area contributed by atoms with E-state index in [1.807, 2.05) is 18.2 Å². The number of fused-ring (bicyclic) bond motifs is 1. The number of carbonyl (C=O) groups excluding carboxylic acids is 1. The van der Waals surface area contributed by atoms with Crippen LogP contribution in [0.4, 0.5) is 0 Å². The monoisotopic (exact) mass is 395 g/mol. The van der Waals surface area contributed by atoms with Gasteiger partial charge >= 0.3 is 0 Å². The average Bonchev–Trinajstić information content (AvgIpc) is 2.96. The minimum absolute atomic E-state index is 0.0682. The van der Waals surface area contributed by atoms with Crippen LogP contribution in [0.2, 0.25) is 0 Å². The quantitative estimate of drug-likeness (QED) is 0.830. The van der Waals surface area contributed by atoms with Crippen LogP contribution in [0.1, 0.15) is 26.2 Å². The van der Waals surface area contributed by atoms with Crippen molar-refractivity contribution in [3.8, 4) is 5.19 Å². The number of rotatable bonds is 5. The van der Waals surface area contributed by atoms with Gasteiger partial charge in [-0.2, -0.15) is 0 Å². The zero-order valence-electron chi connectivity index (χ0n) is 16.1. The lowest BCUT2D eigenvalue weighted by molar-refractivity contribution is -0.119. The first-order chi connectivity index (χ1) is 13.7. The number of likely N-dealkylation sites (tertiary alicyclic amines) is 1. The molecule has 1 aliphatic carbocycles. The van der Waals surface area contributed by atoms with E-state index in [9.17, 15) is 4.79 Å². The van der Waals surface area contributed by atoms with Crippen LogP contribution in [-0.4, -0.2) is 41.5 Å². The van der Waals surface area contributed by atoms with Gasteiger partial charge in [0.2, 0.25) is 5.91 Å². The van der Waals surface area contributed by atoms with E-state index in [1.54, 1.807) is 18.3 Å². The molecule has 146 valence electrons. The lowest BCUT2D eigenvalue weighted by atomic mass is 10.0. The molecule has 0 bridgehead atoms. The Balaban J connectivity index is 1.34. The molecule has 1 amide bonds. The standard InChI is InChI=1S/C22H25N3O2S/c1-16(26)23-18-11-13-25(14-12-18)15-17-5-4-6-19(10-9-17)27-22-24-20-7-2-3-8-21(20)28-22/h2-5,7-10,18H,6,11-15H2,1H3,(H,23,26). The smallest absolute Gasteiger partial charge is 0.279 e. The first kappa shape index (κ1) is 18.9. The third-order valence-corrected chi connectivity index (χ3v) is 5.94. The number of hydrogen-bond donors (Lipinski definition) is 1. The van der Waals surface area contributed by atoms with Gasteiger partial charge in [-0.05, 0) is 36.6 Å². The maximum absolute atomic E-state index is 11.2. The number of ether oxygens (including phenoxy) is 1. The van der Waals surface area contributed by atoms with Crippen LogP contribution < -0.4 is 10.1 Å². The zero-order chi connectivity index (χ0) is 19.3. The van der Waals surface area contributed by atoms with Crippen molar-refractivity contribution in [3.63, 3.8) is 0 Å². The fourth-order valence-electron chi connectivity index (χ4n) is 3.62. The maximum atomic E-state index is 11.2. The SMILES string of the molecule is CC(=O)NC1CCN(CC2=CC=C(Oc3nc4ccccc4s3)CC=C2)CC1. The molecule has 5 nitrogen and oxygen atoms in total. The Morgan fingerprint density at radius 2 is 2.11 bits per heavy atom. The van der Waals surface area contributed by atoms with Gasteiger partial charge in [-0.3, -0.25) is 9.69 Å². The summed E-state index contributed by atoms with van der Waals surface area (Å²) in [5.74, 6) is 0.980. The summed E-state index contributed by atoms with van der Waals surface area (Å²) in [6.45, 7) is 4.53. The summed E-state index contributed by atoms with van der Waals surface area (Å²) in [6, 6.07) is 8.40. The van der Waals surface area contributed by atoms with E-state index in [0.717, 1.165) is 54.9 Å². The van der Waals surface area contributed by atoms with Crippen molar-refractivity contribution >= 4 is 27.5 Å².